The minimum Gasteiger partial charge on any atom is -0.382 e. The number of carbonyl (C=O) groups is 1. The van der Waals surface area contributed by atoms with Crippen molar-refractivity contribution < 1.29 is 4.79 Å². The van der Waals surface area contributed by atoms with Crippen LogP contribution in [0.3, 0.4) is 0 Å². The van der Waals surface area contributed by atoms with Crippen LogP contribution in [0.1, 0.15) is 18.3 Å². The van der Waals surface area contributed by atoms with E-state index in [-0.39, 0.29) is 17.7 Å². The zero-order chi connectivity index (χ0) is 19.8. The van der Waals surface area contributed by atoms with Gasteiger partial charge in [0, 0.05) is 24.7 Å². The number of nitrogens with zero attached hydrogens (tertiary/aromatic N) is 4. The first-order valence-electron chi connectivity index (χ1n) is 9.20. The minimum absolute atomic E-state index is 0.0955. The van der Waals surface area contributed by atoms with Crippen molar-refractivity contribution in [1.29, 1.82) is 0 Å². The summed E-state index contributed by atoms with van der Waals surface area (Å²) >= 11 is 0. The number of aryl methyl sites for hydroxylation is 1. The summed E-state index contributed by atoms with van der Waals surface area (Å²) in [4.78, 5) is 27.1. The van der Waals surface area contributed by atoms with Crippen LogP contribution in [0.5, 0.6) is 0 Å². The summed E-state index contributed by atoms with van der Waals surface area (Å²) < 4.78 is 0. The summed E-state index contributed by atoms with van der Waals surface area (Å²) in [7, 11) is 1.82. The minimum atomic E-state index is -0.243. The van der Waals surface area contributed by atoms with Crippen molar-refractivity contribution in [2.75, 3.05) is 19.3 Å². The third-order valence-corrected chi connectivity index (χ3v) is 4.98. The molecule has 0 bridgehead atoms. The standard InChI is InChI=1S/C22H21N5O/c1-13-12-27(3)22(28)17(13)8-7-15-5-4-6-16(11-15)18-9-10-19-20(26-18)21(23)25-14(2)24-19/h4-6,9-11,13,17H,12H2,1-3H3,(H2,23,24,25)/t13-,17+/m1/s1. The van der Waals surface area contributed by atoms with Crippen LogP contribution in [-0.4, -0.2) is 39.4 Å². The van der Waals surface area contributed by atoms with Gasteiger partial charge in [-0.1, -0.05) is 30.9 Å². The van der Waals surface area contributed by atoms with Gasteiger partial charge < -0.3 is 10.6 Å². The quantitative estimate of drug-likeness (QED) is 0.665. The number of amides is 1. The maximum absolute atomic E-state index is 12.2. The number of nitrogen functional groups attached to an aromatic ring is 1. The fourth-order valence-electron chi connectivity index (χ4n) is 3.55. The van der Waals surface area contributed by atoms with E-state index in [0.717, 1.165) is 28.9 Å². The molecule has 3 aromatic rings. The molecule has 2 atom stereocenters. The predicted molar refractivity (Wildman–Crippen MR) is 109 cm³/mol. The number of anilines is 1. The maximum atomic E-state index is 12.2. The number of nitrogens with two attached hydrogens (primary N) is 1. The van der Waals surface area contributed by atoms with Crippen molar-refractivity contribution in [3.63, 3.8) is 0 Å². The molecule has 4 rings (SSSR count). The molecule has 1 aliphatic rings. The number of benzene rings is 1. The molecule has 0 saturated carbocycles. The number of likely N-dealkylation sites (tertiary alicyclic amines) is 1. The van der Waals surface area contributed by atoms with Crippen molar-refractivity contribution in [3.05, 3.63) is 47.8 Å². The lowest BCUT2D eigenvalue weighted by Gasteiger charge is -2.06. The number of hydrogen-bond acceptors (Lipinski definition) is 5. The van der Waals surface area contributed by atoms with E-state index in [1.165, 1.54) is 0 Å². The SMILES string of the molecule is Cc1nc(N)c2nc(-c3cccc(C#C[C@@H]4C(=O)N(C)C[C@H]4C)c3)ccc2n1. The van der Waals surface area contributed by atoms with Gasteiger partial charge in [-0.25, -0.2) is 15.0 Å². The summed E-state index contributed by atoms with van der Waals surface area (Å²) in [5.74, 6) is 7.40. The van der Waals surface area contributed by atoms with Gasteiger partial charge in [0.25, 0.3) is 0 Å². The third kappa shape index (κ3) is 3.27. The lowest BCUT2D eigenvalue weighted by molar-refractivity contribution is -0.128. The second-order valence-corrected chi connectivity index (χ2v) is 7.24. The summed E-state index contributed by atoms with van der Waals surface area (Å²) in [6.45, 7) is 4.62. The number of hydrogen-bond donors (Lipinski definition) is 1. The van der Waals surface area contributed by atoms with Gasteiger partial charge in [0.15, 0.2) is 5.82 Å². The van der Waals surface area contributed by atoms with Crippen molar-refractivity contribution >= 4 is 22.8 Å². The molecule has 1 aliphatic heterocycles. The first kappa shape index (κ1) is 17.9. The van der Waals surface area contributed by atoms with Crippen molar-refractivity contribution in [2.45, 2.75) is 13.8 Å². The van der Waals surface area contributed by atoms with Gasteiger partial charge in [-0.15, -0.1) is 0 Å². The molecular formula is C22H21N5O. The second-order valence-electron chi connectivity index (χ2n) is 7.24. The van der Waals surface area contributed by atoms with Gasteiger partial charge in [0.1, 0.15) is 17.3 Å². The molecule has 2 N–H and O–H groups in total. The van der Waals surface area contributed by atoms with Gasteiger partial charge in [0.05, 0.1) is 11.2 Å². The van der Waals surface area contributed by atoms with Crippen molar-refractivity contribution in [3.8, 4) is 23.1 Å². The molecule has 140 valence electrons. The first-order valence-corrected chi connectivity index (χ1v) is 9.20. The summed E-state index contributed by atoms with van der Waals surface area (Å²) in [5, 5.41) is 0. The van der Waals surface area contributed by atoms with E-state index in [1.54, 1.807) is 11.8 Å². The first-order chi connectivity index (χ1) is 13.4. The van der Waals surface area contributed by atoms with Crippen molar-refractivity contribution in [1.82, 2.24) is 19.9 Å². The van der Waals surface area contributed by atoms with E-state index >= 15 is 0 Å². The molecule has 6 nitrogen and oxygen atoms in total. The number of pyridine rings is 1. The van der Waals surface area contributed by atoms with Crippen LogP contribution in [0.15, 0.2) is 36.4 Å². The number of rotatable bonds is 1. The lowest BCUT2D eigenvalue weighted by Crippen LogP contribution is -2.21. The lowest BCUT2D eigenvalue weighted by atomic mass is 9.97. The van der Waals surface area contributed by atoms with Crippen LogP contribution in [0.4, 0.5) is 5.82 Å². The Balaban J connectivity index is 1.68. The highest BCUT2D eigenvalue weighted by Gasteiger charge is 2.34. The Morgan fingerprint density at radius 3 is 2.75 bits per heavy atom. The molecular weight excluding hydrogens is 350 g/mol. The zero-order valence-electron chi connectivity index (χ0n) is 16.1. The van der Waals surface area contributed by atoms with Crippen LogP contribution in [0.2, 0.25) is 0 Å². The molecule has 1 amide bonds. The molecule has 28 heavy (non-hydrogen) atoms. The van der Waals surface area contributed by atoms with Crippen LogP contribution >= 0.6 is 0 Å². The second kappa shape index (κ2) is 6.93. The van der Waals surface area contributed by atoms with E-state index in [9.17, 15) is 4.79 Å². The number of carbonyl (C=O) groups excluding carboxylic acids is 1. The predicted octanol–water partition coefficient (Wildman–Crippen LogP) is 2.66. The average molecular weight is 371 g/mol. The Morgan fingerprint density at radius 1 is 1.18 bits per heavy atom. The number of fused-ring (bicyclic) bond motifs is 1. The van der Waals surface area contributed by atoms with E-state index < -0.39 is 0 Å². The monoisotopic (exact) mass is 371 g/mol. The Bertz CT molecular complexity index is 1140. The van der Waals surface area contributed by atoms with Crippen LogP contribution in [0, 0.1) is 30.6 Å². The molecule has 1 saturated heterocycles. The van der Waals surface area contributed by atoms with E-state index in [0.29, 0.717) is 17.2 Å². The fraction of sp³-hybridized carbons (Fsp3) is 0.273. The highest BCUT2D eigenvalue weighted by molar-refractivity contribution is 5.86. The molecule has 0 radical (unpaired) electrons. The summed E-state index contributed by atoms with van der Waals surface area (Å²) in [6.07, 6.45) is 0. The van der Waals surface area contributed by atoms with E-state index in [4.69, 9.17) is 5.73 Å². The third-order valence-electron chi connectivity index (χ3n) is 4.98. The van der Waals surface area contributed by atoms with Crippen molar-refractivity contribution in [2.24, 2.45) is 11.8 Å². The molecule has 6 heteroatoms. The summed E-state index contributed by atoms with van der Waals surface area (Å²) in [6, 6.07) is 11.6. The normalized spacial score (nSPS) is 19.0. The van der Waals surface area contributed by atoms with Gasteiger partial charge in [-0.05, 0) is 37.1 Å². The van der Waals surface area contributed by atoms with Gasteiger partial charge in [0.2, 0.25) is 5.91 Å². The molecule has 0 unspecified atom stereocenters. The van der Waals surface area contributed by atoms with Gasteiger partial charge in [-0.3, -0.25) is 4.79 Å². The largest absolute Gasteiger partial charge is 0.382 e. The average Bonchev–Trinajstić information content (AvgIpc) is 2.91. The molecule has 1 fully saturated rings. The van der Waals surface area contributed by atoms with Gasteiger partial charge in [-0.2, -0.15) is 0 Å². The highest BCUT2D eigenvalue weighted by Crippen LogP contribution is 2.24. The van der Waals surface area contributed by atoms with Gasteiger partial charge >= 0.3 is 0 Å². The zero-order valence-corrected chi connectivity index (χ0v) is 16.1. The van der Waals surface area contributed by atoms with E-state index in [2.05, 4.69) is 33.7 Å². The fourth-order valence-corrected chi connectivity index (χ4v) is 3.55. The maximum Gasteiger partial charge on any atom is 0.237 e. The Morgan fingerprint density at radius 2 is 2.00 bits per heavy atom. The summed E-state index contributed by atoms with van der Waals surface area (Å²) in [5.41, 5.74) is 9.89. The molecule has 3 heterocycles. The van der Waals surface area contributed by atoms with Crippen LogP contribution in [0.25, 0.3) is 22.3 Å². The smallest absolute Gasteiger partial charge is 0.237 e. The Labute approximate surface area is 163 Å². The number of aromatic nitrogens is 3. The Kier molecular flexibility index (Phi) is 4.44. The topological polar surface area (TPSA) is 85.0 Å². The molecule has 2 aromatic heterocycles. The molecule has 0 spiro atoms. The Hall–Kier alpha value is -3.46. The van der Waals surface area contributed by atoms with Crippen LogP contribution < -0.4 is 5.73 Å². The van der Waals surface area contributed by atoms with E-state index in [1.807, 2.05) is 43.4 Å². The molecule has 0 aliphatic carbocycles. The highest BCUT2D eigenvalue weighted by atomic mass is 16.2. The molecule has 1 aromatic carbocycles. The van der Waals surface area contributed by atoms with Crippen LogP contribution in [-0.2, 0) is 4.79 Å².